The van der Waals surface area contributed by atoms with E-state index in [0.29, 0.717) is 0 Å². The van der Waals surface area contributed by atoms with Gasteiger partial charge in [-0.3, -0.25) is 20.4 Å². The van der Waals surface area contributed by atoms with E-state index in [0.717, 1.165) is 11.9 Å². The predicted molar refractivity (Wildman–Crippen MR) is 98.0 cm³/mol. The molecule has 0 fully saturated rings. The van der Waals surface area contributed by atoms with Gasteiger partial charge < -0.3 is 0 Å². The molecule has 0 saturated carbocycles. The minimum absolute atomic E-state index is 0.106. The molecule has 2 amide bonds. The minimum Gasteiger partial charge on any atom is -0.267 e. The van der Waals surface area contributed by atoms with Crippen LogP contribution in [0.2, 0.25) is 0 Å². The van der Waals surface area contributed by atoms with Crippen molar-refractivity contribution in [3.05, 3.63) is 78.1 Å². The molecule has 0 radical (unpaired) electrons. The third-order valence-corrected chi connectivity index (χ3v) is 4.81. The lowest BCUT2D eigenvalue weighted by Crippen LogP contribution is -2.41. The van der Waals surface area contributed by atoms with Crippen molar-refractivity contribution in [1.82, 2.24) is 20.6 Å². The second kappa shape index (κ2) is 7.42. The van der Waals surface area contributed by atoms with Gasteiger partial charge in [0, 0.05) is 18.0 Å². The molecule has 27 heavy (non-hydrogen) atoms. The summed E-state index contributed by atoms with van der Waals surface area (Å²) < 4.78 is 24.4. The van der Waals surface area contributed by atoms with Gasteiger partial charge in [-0.25, -0.2) is 13.1 Å². The summed E-state index contributed by atoms with van der Waals surface area (Å²) in [4.78, 5) is 24.3. The van der Waals surface area contributed by atoms with Crippen molar-refractivity contribution in [3.8, 4) is 5.69 Å². The highest BCUT2D eigenvalue weighted by Crippen LogP contribution is 2.10. The van der Waals surface area contributed by atoms with Crippen molar-refractivity contribution >= 4 is 21.7 Å². The zero-order valence-electron chi connectivity index (χ0n) is 14.3. The van der Waals surface area contributed by atoms with Gasteiger partial charge in [0.15, 0.2) is 15.5 Å². The number of aromatic nitrogens is 2. The number of carbonyl (C=O) groups is 2. The van der Waals surface area contributed by atoms with E-state index in [9.17, 15) is 18.0 Å². The van der Waals surface area contributed by atoms with Gasteiger partial charge in [0.1, 0.15) is 0 Å². The fourth-order valence-corrected chi connectivity index (χ4v) is 2.90. The molecule has 8 nitrogen and oxygen atoms in total. The van der Waals surface area contributed by atoms with Crippen LogP contribution in [-0.2, 0) is 9.84 Å². The van der Waals surface area contributed by atoms with Crippen molar-refractivity contribution in [3.63, 3.8) is 0 Å². The lowest BCUT2D eigenvalue weighted by molar-refractivity contribution is 0.0843. The van der Waals surface area contributed by atoms with Crippen LogP contribution in [0.3, 0.4) is 0 Å². The third-order valence-electron chi connectivity index (χ3n) is 3.68. The van der Waals surface area contributed by atoms with E-state index in [1.807, 2.05) is 30.3 Å². The minimum atomic E-state index is -3.34. The van der Waals surface area contributed by atoms with E-state index in [2.05, 4.69) is 16.0 Å². The van der Waals surface area contributed by atoms with E-state index >= 15 is 0 Å². The molecule has 0 atom stereocenters. The standard InChI is InChI=1S/C18H16N4O4S/c1-27(25,26)15-9-7-13(8-10-15)17(23)19-20-18(24)16-11-12-22(21-16)14-5-3-2-4-6-14/h2-12H,1H3,(H,19,23)(H,20,24). The highest BCUT2D eigenvalue weighted by atomic mass is 32.2. The Morgan fingerprint density at radius 1 is 0.889 bits per heavy atom. The van der Waals surface area contributed by atoms with Crippen molar-refractivity contribution < 1.29 is 18.0 Å². The van der Waals surface area contributed by atoms with Gasteiger partial charge >= 0.3 is 0 Å². The second-order valence-corrected chi connectivity index (χ2v) is 7.70. The van der Waals surface area contributed by atoms with Gasteiger partial charge in [-0.2, -0.15) is 5.10 Å². The van der Waals surface area contributed by atoms with E-state index in [1.165, 1.54) is 30.3 Å². The molecule has 138 valence electrons. The largest absolute Gasteiger partial charge is 0.290 e. The van der Waals surface area contributed by atoms with Crippen LogP contribution in [0.1, 0.15) is 20.8 Å². The first-order chi connectivity index (χ1) is 12.8. The molecule has 0 unspecified atom stereocenters. The smallest absolute Gasteiger partial charge is 0.267 e. The van der Waals surface area contributed by atoms with E-state index < -0.39 is 21.7 Å². The molecule has 0 aliphatic heterocycles. The summed E-state index contributed by atoms with van der Waals surface area (Å²) in [6.07, 6.45) is 2.72. The number of nitrogens with zero attached hydrogens (tertiary/aromatic N) is 2. The Kier molecular flexibility index (Phi) is 5.04. The zero-order chi connectivity index (χ0) is 19.4. The average Bonchev–Trinajstić information content (AvgIpc) is 3.16. The summed E-state index contributed by atoms with van der Waals surface area (Å²) in [7, 11) is -3.34. The normalized spacial score (nSPS) is 11.0. The Morgan fingerprint density at radius 3 is 2.15 bits per heavy atom. The molecule has 0 aliphatic carbocycles. The second-order valence-electron chi connectivity index (χ2n) is 5.69. The van der Waals surface area contributed by atoms with Crippen LogP contribution in [-0.4, -0.2) is 36.3 Å². The monoisotopic (exact) mass is 384 g/mol. The first kappa shape index (κ1) is 18.3. The number of amides is 2. The van der Waals surface area contributed by atoms with Crippen LogP contribution in [0, 0.1) is 0 Å². The van der Waals surface area contributed by atoms with Crippen LogP contribution < -0.4 is 10.9 Å². The Morgan fingerprint density at radius 2 is 1.52 bits per heavy atom. The van der Waals surface area contributed by atoms with Gasteiger partial charge in [-0.05, 0) is 42.5 Å². The summed E-state index contributed by atoms with van der Waals surface area (Å²) >= 11 is 0. The molecular weight excluding hydrogens is 368 g/mol. The van der Waals surface area contributed by atoms with Crippen molar-refractivity contribution in [2.75, 3.05) is 6.26 Å². The van der Waals surface area contributed by atoms with Gasteiger partial charge in [-0.1, -0.05) is 18.2 Å². The first-order valence-corrected chi connectivity index (χ1v) is 9.75. The maximum atomic E-state index is 12.1. The summed E-state index contributed by atoms with van der Waals surface area (Å²) in [6.45, 7) is 0. The Labute approximate surface area is 155 Å². The zero-order valence-corrected chi connectivity index (χ0v) is 15.1. The Balaban J connectivity index is 1.62. The van der Waals surface area contributed by atoms with Gasteiger partial charge in [0.05, 0.1) is 10.6 Å². The van der Waals surface area contributed by atoms with E-state index in [-0.39, 0.29) is 16.2 Å². The number of benzene rings is 2. The lowest BCUT2D eigenvalue weighted by Gasteiger charge is -2.06. The molecule has 1 aromatic heterocycles. The number of hydrogen-bond acceptors (Lipinski definition) is 5. The fourth-order valence-electron chi connectivity index (χ4n) is 2.27. The number of para-hydroxylation sites is 1. The third kappa shape index (κ3) is 4.39. The van der Waals surface area contributed by atoms with Gasteiger partial charge in [0.2, 0.25) is 0 Å². The van der Waals surface area contributed by atoms with Crippen molar-refractivity contribution in [1.29, 1.82) is 0 Å². The average molecular weight is 384 g/mol. The molecular formula is C18H16N4O4S. The molecule has 3 aromatic rings. The van der Waals surface area contributed by atoms with Crippen LogP contribution in [0.4, 0.5) is 0 Å². The Hall–Kier alpha value is -3.46. The fraction of sp³-hybridized carbons (Fsp3) is 0.0556. The molecule has 0 bridgehead atoms. The summed E-state index contributed by atoms with van der Waals surface area (Å²) in [6, 6.07) is 16.2. The SMILES string of the molecule is CS(=O)(=O)c1ccc(C(=O)NNC(=O)c2ccn(-c3ccccc3)n2)cc1. The molecule has 1 heterocycles. The molecule has 0 aliphatic rings. The quantitative estimate of drug-likeness (QED) is 0.660. The maximum Gasteiger partial charge on any atom is 0.290 e. The van der Waals surface area contributed by atoms with E-state index in [4.69, 9.17) is 0 Å². The number of sulfone groups is 1. The predicted octanol–water partition coefficient (Wildman–Crippen LogP) is 1.35. The van der Waals surface area contributed by atoms with Crippen LogP contribution in [0.5, 0.6) is 0 Å². The van der Waals surface area contributed by atoms with Crippen molar-refractivity contribution in [2.45, 2.75) is 4.90 Å². The number of nitrogens with one attached hydrogen (secondary N) is 2. The summed E-state index contributed by atoms with van der Waals surface area (Å²) in [5.41, 5.74) is 5.68. The highest BCUT2D eigenvalue weighted by Gasteiger charge is 2.13. The van der Waals surface area contributed by atoms with E-state index in [1.54, 1.807) is 10.9 Å². The molecule has 0 spiro atoms. The molecule has 2 N–H and O–H groups in total. The highest BCUT2D eigenvalue weighted by molar-refractivity contribution is 7.90. The molecule has 2 aromatic carbocycles. The Bertz CT molecular complexity index is 1070. The topological polar surface area (TPSA) is 110 Å². The van der Waals surface area contributed by atoms with Crippen LogP contribution in [0.15, 0.2) is 71.8 Å². The number of rotatable bonds is 4. The summed E-state index contributed by atoms with van der Waals surface area (Å²) in [5.74, 6) is -1.16. The maximum absolute atomic E-state index is 12.1. The first-order valence-electron chi connectivity index (χ1n) is 7.86. The van der Waals surface area contributed by atoms with Crippen LogP contribution >= 0.6 is 0 Å². The summed E-state index contributed by atoms with van der Waals surface area (Å²) in [5, 5.41) is 4.16. The molecule has 3 rings (SSSR count). The van der Waals surface area contributed by atoms with Crippen LogP contribution in [0.25, 0.3) is 5.69 Å². The number of carbonyl (C=O) groups excluding carboxylic acids is 2. The molecule has 0 saturated heterocycles. The number of hydrogen-bond donors (Lipinski definition) is 2. The van der Waals surface area contributed by atoms with Gasteiger partial charge in [-0.15, -0.1) is 0 Å². The number of hydrazine groups is 1. The van der Waals surface area contributed by atoms with Crippen molar-refractivity contribution in [2.24, 2.45) is 0 Å². The molecule has 9 heteroatoms. The lowest BCUT2D eigenvalue weighted by atomic mass is 10.2. The van der Waals surface area contributed by atoms with Gasteiger partial charge in [0.25, 0.3) is 11.8 Å².